The molecule has 1 aromatic carbocycles. The van der Waals surface area contributed by atoms with Crippen molar-refractivity contribution in [1.82, 2.24) is 14.9 Å². The quantitative estimate of drug-likeness (QED) is 0.911. The van der Waals surface area contributed by atoms with Crippen LogP contribution in [0.25, 0.3) is 0 Å². The number of hydrogen-bond acceptors (Lipinski definition) is 3. The smallest absolute Gasteiger partial charge is 0.230 e. The molecule has 0 saturated heterocycles. The molecule has 1 fully saturated rings. The largest absolute Gasteiger partial charge is 0.497 e. The van der Waals surface area contributed by atoms with Crippen molar-refractivity contribution in [1.29, 1.82) is 0 Å². The summed E-state index contributed by atoms with van der Waals surface area (Å²) in [5.74, 6) is 0.859. The molecule has 0 spiro atoms. The number of carbonyl (C=O) groups excluding carboxylic acids is 1. The fourth-order valence-corrected chi connectivity index (χ4v) is 2.59. The van der Waals surface area contributed by atoms with E-state index >= 15 is 0 Å². The van der Waals surface area contributed by atoms with Crippen LogP contribution in [0.3, 0.4) is 0 Å². The van der Waals surface area contributed by atoms with Gasteiger partial charge in [0.1, 0.15) is 5.75 Å². The van der Waals surface area contributed by atoms with Gasteiger partial charge in [0.15, 0.2) is 0 Å². The van der Waals surface area contributed by atoms with Crippen LogP contribution in [0.2, 0.25) is 0 Å². The summed E-state index contributed by atoms with van der Waals surface area (Å²) < 4.78 is 7.12. The lowest BCUT2D eigenvalue weighted by atomic mass is 9.94. The van der Waals surface area contributed by atoms with Gasteiger partial charge in [-0.15, -0.1) is 0 Å². The Hall–Kier alpha value is -2.30. The molecular formula is C16H19N3O2. The van der Waals surface area contributed by atoms with Gasteiger partial charge >= 0.3 is 0 Å². The van der Waals surface area contributed by atoms with Gasteiger partial charge in [0.25, 0.3) is 0 Å². The molecule has 5 nitrogen and oxygen atoms in total. The number of hydrogen-bond donors (Lipinski definition) is 1. The minimum atomic E-state index is -0.386. The molecule has 1 N–H and O–H groups in total. The van der Waals surface area contributed by atoms with Crippen LogP contribution in [0.4, 0.5) is 0 Å². The molecule has 0 aliphatic heterocycles. The van der Waals surface area contributed by atoms with Crippen LogP contribution in [0.1, 0.15) is 24.1 Å². The lowest BCUT2D eigenvalue weighted by molar-refractivity contribution is -0.123. The molecular weight excluding hydrogens is 266 g/mol. The van der Waals surface area contributed by atoms with Crippen LogP contribution in [0.15, 0.2) is 36.8 Å². The van der Waals surface area contributed by atoms with Gasteiger partial charge in [0.05, 0.1) is 31.1 Å². The van der Waals surface area contributed by atoms with Gasteiger partial charge in [0, 0.05) is 13.2 Å². The molecule has 5 heteroatoms. The maximum Gasteiger partial charge on any atom is 0.230 e. The van der Waals surface area contributed by atoms with E-state index in [1.165, 1.54) is 0 Å². The van der Waals surface area contributed by atoms with E-state index in [4.69, 9.17) is 4.74 Å². The molecule has 1 aliphatic carbocycles. The molecule has 1 aliphatic rings. The van der Waals surface area contributed by atoms with E-state index in [0.717, 1.165) is 29.8 Å². The second kappa shape index (κ2) is 5.24. The molecule has 110 valence electrons. The molecule has 1 heterocycles. The number of imidazole rings is 1. The molecule has 1 aromatic heterocycles. The normalized spacial score (nSPS) is 15.5. The molecule has 0 bridgehead atoms. The van der Waals surface area contributed by atoms with Crippen molar-refractivity contribution in [3.8, 4) is 5.75 Å². The van der Waals surface area contributed by atoms with E-state index < -0.39 is 0 Å². The molecule has 1 saturated carbocycles. The van der Waals surface area contributed by atoms with Crippen LogP contribution < -0.4 is 10.1 Å². The Morgan fingerprint density at radius 1 is 1.48 bits per heavy atom. The number of ether oxygens (including phenoxy) is 1. The number of aryl methyl sites for hydroxylation is 1. The van der Waals surface area contributed by atoms with Crippen LogP contribution in [0, 0.1) is 0 Å². The number of rotatable bonds is 5. The second-order valence-electron chi connectivity index (χ2n) is 5.53. The SMILES string of the molecule is COc1cccc(C2(C(=O)NCc3cn(C)cn3)CC2)c1. The maximum absolute atomic E-state index is 12.5. The Morgan fingerprint density at radius 2 is 2.29 bits per heavy atom. The number of benzene rings is 1. The number of nitrogens with one attached hydrogen (secondary N) is 1. The van der Waals surface area contributed by atoms with E-state index in [1.54, 1.807) is 13.4 Å². The van der Waals surface area contributed by atoms with E-state index in [0.29, 0.717) is 6.54 Å². The third-order valence-corrected chi connectivity index (χ3v) is 4.00. The Balaban J connectivity index is 1.71. The predicted molar refractivity (Wildman–Crippen MR) is 79.0 cm³/mol. The van der Waals surface area contributed by atoms with Gasteiger partial charge in [-0.25, -0.2) is 4.98 Å². The summed E-state index contributed by atoms with van der Waals surface area (Å²) in [6, 6.07) is 7.77. The minimum Gasteiger partial charge on any atom is -0.497 e. The van der Waals surface area contributed by atoms with Gasteiger partial charge in [0.2, 0.25) is 5.91 Å². The third kappa shape index (κ3) is 2.63. The number of nitrogens with zero attached hydrogens (tertiary/aromatic N) is 2. The van der Waals surface area contributed by atoms with E-state index in [-0.39, 0.29) is 11.3 Å². The van der Waals surface area contributed by atoms with Crippen molar-refractivity contribution in [2.45, 2.75) is 24.8 Å². The number of aromatic nitrogens is 2. The first-order chi connectivity index (χ1) is 10.1. The zero-order valence-electron chi connectivity index (χ0n) is 12.3. The number of amides is 1. The first-order valence-electron chi connectivity index (χ1n) is 7.04. The first-order valence-corrected chi connectivity index (χ1v) is 7.04. The number of carbonyl (C=O) groups is 1. The average molecular weight is 285 g/mol. The summed E-state index contributed by atoms with van der Waals surface area (Å²) in [4.78, 5) is 16.7. The highest BCUT2D eigenvalue weighted by atomic mass is 16.5. The molecule has 21 heavy (non-hydrogen) atoms. The number of methoxy groups -OCH3 is 1. The Morgan fingerprint density at radius 3 is 2.90 bits per heavy atom. The fourth-order valence-electron chi connectivity index (χ4n) is 2.59. The van der Waals surface area contributed by atoms with Crippen LogP contribution in [0.5, 0.6) is 5.75 Å². The predicted octanol–water partition coefficient (Wildman–Crippen LogP) is 1.78. The molecule has 3 rings (SSSR count). The Kier molecular flexibility index (Phi) is 3.41. The zero-order valence-corrected chi connectivity index (χ0v) is 12.3. The lowest BCUT2D eigenvalue weighted by Crippen LogP contribution is -2.34. The molecule has 0 atom stereocenters. The van der Waals surface area contributed by atoms with Gasteiger partial charge < -0.3 is 14.6 Å². The van der Waals surface area contributed by atoms with Crippen LogP contribution in [-0.4, -0.2) is 22.6 Å². The summed E-state index contributed by atoms with van der Waals surface area (Å²) in [7, 11) is 3.55. The molecule has 2 aromatic rings. The van der Waals surface area contributed by atoms with Crippen LogP contribution in [-0.2, 0) is 23.8 Å². The lowest BCUT2D eigenvalue weighted by Gasteiger charge is -2.16. The second-order valence-corrected chi connectivity index (χ2v) is 5.53. The summed E-state index contributed by atoms with van der Waals surface area (Å²) in [5, 5.41) is 3.00. The zero-order chi connectivity index (χ0) is 14.9. The summed E-state index contributed by atoms with van der Waals surface area (Å²) in [6.45, 7) is 0.464. The fraction of sp³-hybridized carbons (Fsp3) is 0.375. The summed E-state index contributed by atoms with van der Waals surface area (Å²) >= 11 is 0. The van der Waals surface area contributed by atoms with Crippen LogP contribution >= 0.6 is 0 Å². The van der Waals surface area contributed by atoms with Crippen molar-refractivity contribution in [2.75, 3.05) is 7.11 Å². The van der Waals surface area contributed by atoms with Crippen molar-refractivity contribution < 1.29 is 9.53 Å². The van der Waals surface area contributed by atoms with E-state index in [1.807, 2.05) is 42.1 Å². The van der Waals surface area contributed by atoms with Gasteiger partial charge in [-0.2, -0.15) is 0 Å². The summed E-state index contributed by atoms with van der Waals surface area (Å²) in [6.07, 6.45) is 5.41. The third-order valence-electron chi connectivity index (χ3n) is 4.00. The van der Waals surface area contributed by atoms with Crippen molar-refractivity contribution >= 4 is 5.91 Å². The van der Waals surface area contributed by atoms with E-state index in [2.05, 4.69) is 10.3 Å². The van der Waals surface area contributed by atoms with Gasteiger partial charge in [-0.3, -0.25) is 4.79 Å². The highest BCUT2D eigenvalue weighted by Crippen LogP contribution is 2.49. The van der Waals surface area contributed by atoms with Crippen molar-refractivity contribution in [2.24, 2.45) is 7.05 Å². The maximum atomic E-state index is 12.5. The molecule has 0 radical (unpaired) electrons. The van der Waals surface area contributed by atoms with Gasteiger partial charge in [-0.05, 0) is 30.5 Å². The average Bonchev–Trinajstić information content (AvgIpc) is 3.22. The monoisotopic (exact) mass is 285 g/mol. The van der Waals surface area contributed by atoms with Crippen molar-refractivity contribution in [3.63, 3.8) is 0 Å². The molecule has 0 unspecified atom stereocenters. The highest BCUT2D eigenvalue weighted by Gasteiger charge is 2.51. The standard InChI is InChI=1S/C16H19N3O2/c1-19-10-13(18-11-19)9-17-15(20)16(6-7-16)12-4-3-5-14(8-12)21-2/h3-5,8,10-11H,6-7,9H2,1-2H3,(H,17,20). The molecule has 1 amide bonds. The van der Waals surface area contributed by atoms with E-state index in [9.17, 15) is 4.79 Å². The highest BCUT2D eigenvalue weighted by molar-refractivity contribution is 5.91. The first kappa shape index (κ1) is 13.7. The topological polar surface area (TPSA) is 56.1 Å². The Labute approximate surface area is 124 Å². The van der Waals surface area contributed by atoms with Gasteiger partial charge in [-0.1, -0.05) is 12.1 Å². The Bertz CT molecular complexity index is 659. The summed E-state index contributed by atoms with van der Waals surface area (Å²) in [5.41, 5.74) is 1.51. The van der Waals surface area contributed by atoms with Crippen molar-refractivity contribution in [3.05, 3.63) is 48.0 Å². The minimum absolute atomic E-state index is 0.0707.